The standard InChI is InChI=1S/C30H35N3O5/c1-3-11-33(12-4-2)24-8-7-20-13-22(6-5-21(20)14-24)28-10-9-26(37-28)15-23(18-31)30(36)32-19-27-16-25(34)17-29(35)38-27/h5-10,13-15,25,27,29,34-35H,3-4,11-12,16-17,19H2,1-2H3,(H,32,36)/b23-15+. The summed E-state index contributed by atoms with van der Waals surface area (Å²) >= 11 is 0. The molecule has 0 aliphatic carbocycles. The van der Waals surface area contributed by atoms with Crippen LogP contribution in [0.25, 0.3) is 28.2 Å². The Morgan fingerprint density at radius 3 is 2.53 bits per heavy atom. The van der Waals surface area contributed by atoms with Crippen molar-refractivity contribution in [3.05, 3.63) is 59.9 Å². The van der Waals surface area contributed by atoms with Gasteiger partial charge in [0.05, 0.1) is 12.2 Å². The molecule has 3 N–H and O–H groups in total. The molecule has 4 rings (SSSR count). The number of carbonyl (C=O) groups excluding carboxylic acids is 1. The molecule has 1 aromatic heterocycles. The zero-order chi connectivity index (χ0) is 27.1. The molecule has 2 heterocycles. The number of fused-ring (bicyclic) bond motifs is 1. The second kappa shape index (κ2) is 12.7. The van der Waals surface area contributed by atoms with Gasteiger partial charge in [0.15, 0.2) is 6.29 Å². The highest BCUT2D eigenvalue weighted by Crippen LogP contribution is 2.29. The first-order valence-corrected chi connectivity index (χ1v) is 13.2. The summed E-state index contributed by atoms with van der Waals surface area (Å²) in [7, 11) is 0. The van der Waals surface area contributed by atoms with E-state index in [9.17, 15) is 20.3 Å². The molecule has 3 unspecified atom stereocenters. The number of hydrogen-bond acceptors (Lipinski definition) is 7. The number of nitrogens with zero attached hydrogens (tertiary/aromatic N) is 2. The fourth-order valence-electron chi connectivity index (χ4n) is 4.77. The summed E-state index contributed by atoms with van der Waals surface area (Å²) in [6.07, 6.45) is 1.75. The predicted molar refractivity (Wildman–Crippen MR) is 147 cm³/mol. The maximum atomic E-state index is 12.5. The smallest absolute Gasteiger partial charge is 0.262 e. The molecule has 1 aliphatic heterocycles. The van der Waals surface area contributed by atoms with Gasteiger partial charge in [-0.15, -0.1) is 0 Å². The highest BCUT2D eigenvalue weighted by molar-refractivity contribution is 6.01. The molecule has 1 aliphatic rings. The number of hydrogen-bond donors (Lipinski definition) is 3. The Morgan fingerprint density at radius 2 is 1.82 bits per heavy atom. The number of benzene rings is 2. The quantitative estimate of drug-likeness (QED) is 0.265. The average Bonchev–Trinajstić information content (AvgIpc) is 3.38. The van der Waals surface area contributed by atoms with E-state index in [1.807, 2.05) is 18.2 Å². The number of furan rings is 1. The van der Waals surface area contributed by atoms with Gasteiger partial charge >= 0.3 is 0 Å². The number of rotatable bonds is 10. The monoisotopic (exact) mass is 517 g/mol. The van der Waals surface area contributed by atoms with E-state index in [4.69, 9.17) is 9.15 Å². The third-order valence-corrected chi connectivity index (χ3v) is 6.59. The van der Waals surface area contributed by atoms with Crippen LogP contribution in [0.15, 0.2) is 58.5 Å². The number of amides is 1. The first-order valence-electron chi connectivity index (χ1n) is 13.2. The molecule has 3 aromatic rings. The van der Waals surface area contributed by atoms with E-state index < -0.39 is 24.4 Å². The molecule has 2 aromatic carbocycles. The van der Waals surface area contributed by atoms with Crippen molar-refractivity contribution < 1.29 is 24.2 Å². The third-order valence-electron chi connectivity index (χ3n) is 6.59. The lowest BCUT2D eigenvalue weighted by atomic mass is 10.0. The highest BCUT2D eigenvalue weighted by atomic mass is 16.6. The van der Waals surface area contributed by atoms with E-state index >= 15 is 0 Å². The second-order valence-electron chi connectivity index (χ2n) is 9.65. The van der Waals surface area contributed by atoms with Crippen molar-refractivity contribution in [2.24, 2.45) is 0 Å². The maximum absolute atomic E-state index is 12.5. The third kappa shape index (κ3) is 6.81. The molecular formula is C30H35N3O5. The highest BCUT2D eigenvalue weighted by Gasteiger charge is 2.27. The molecule has 8 heteroatoms. The predicted octanol–water partition coefficient (Wildman–Crippen LogP) is 4.61. The summed E-state index contributed by atoms with van der Waals surface area (Å²) in [6, 6.07) is 18.1. The number of nitriles is 1. The lowest BCUT2D eigenvalue weighted by molar-refractivity contribution is -0.187. The van der Waals surface area contributed by atoms with Crippen molar-refractivity contribution in [3.8, 4) is 17.4 Å². The van der Waals surface area contributed by atoms with E-state index in [0.717, 1.165) is 42.3 Å². The van der Waals surface area contributed by atoms with Crippen molar-refractivity contribution in [3.63, 3.8) is 0 Å². The van der Waals surface area contributed by atoms with Crippen LogP contribution < -0.4 is 10.2 Å². The van der Waals surface area contributed by atoms with Gasteiger partial charge in [0.2, 0.25) is 0 Å². The van der Waals surface area contributed by atoms with Crippen LogP contribution in [0.4, 0.5) is 5.69 Å². The van der Waals surface area contributed by atoms with Crippen LogP contribution in [0, 0.1) is 11.3 Å². The summed E-state index contributed by atoms with van der Waals surface area (Å²) in [5, 5.41) is 33.8. The fourth-order valence-corrected chi connectivity index (χ4v) is 4.77. The summed E-state index contributed by atoms with van der Waals surface area (Å²) < 4.78 is 11.3. The van der Waals surface area contributed by atoms with Gasteiger partial charge in [-0.2, -0.15) is 5.26 Å². The van der Waals surface area contributed by atoms with Gasteiger partial charge in [-0.3, -0.25) is 4.79 Å². The summed E-state index contributed by atoms with van der Waals surface area (Å²) in [4.78, 5) is 15.0. The van der Waals surface area contributed by atoms with Crippen LogP contribution >= 0.6 is 0 Å². The van der Waals surface area contributed by atoms with Crippen LogP contribution in [0.5, 0.6) is 0 Å². The number of aliphatic hydroxyl groups excluding tert-OH is 2. The number of anilines is 1. The Hall–Kier alpha value is -3.64. The van der Waals surface area contributed by atoms with E-state index in [0.29, 0.717) is 17.9 Å². The summed E-state index contributed by atoms with van der Waals surface area (Å²) in [5.74, 6) is 0.444. The van der Waals surface area contributed by atoms with Crippen molar-refractivity contribution >= 4 is 28.4 Å². The van der Waals surface area contributed by atoms with Gasteiger partial charge in [-0.05, 0) is 53.9 Å². The van der Waals surface area contributed by atoms with Crippen molar-refractivity contribution in [1.29, 1.82) is 5.26 Å². The van der Waals surface area contributed by atoms with E-state index in [-0.39, 0.29) is 18.5 Å². The van der Waals surface area contributed by atoms with Crippen LogP contribution in [-0.4, -0.2) is 54.3 Å². The first kappa shape index (κ1) is 27.4. The lowest BCUT2D eigenvalue weighted by Crippen LogP contribution is -2.42. The summed E-state index contributed by atoms with van der Waals surface area (Å²) in [5.41, 5.74) is 2.01. The Labute approximate surface area is 223 Å². The zero-order valence-corrected chi connectivity index (χ0v) is 21.9. The Morgan fingerprint density at radius 1 is 1.08 bits per heavy atom. The Balaban J connectivity index is 1.45. The van der Waals surface area contributed by atoms with Gasteiger partial charge in [0.1, 0.15) is 23.2 Å². The van der Waals surface area contributed by atoms with E-state index in [2.05, 4.69) is 54.4 Å². The van der Waals surface area contributed by atoms with E-state index in [1.165, 1.54) is 11.8 Å². The van der Waals surface area contributed by atoms with Crippen LogP contribution in [0.2, 0.25) is 0 Å². The van der Waals surface area contributed by atoms with Crippen LogP contribution in [-0.2, 0) is 9.53 Å². The molecule has 3 atom stereocenters. The van der Waals surface area contributed by atoms with Gasteiger partial charge in [-0.1, -0.05) is 32.0 Å². The number of ether oxygens (including phenoxy) is 1. The van der Waals surface area contributed by atoms with Crippen LogP contribution in [0.3, 0.4) is 0 Å². The zero-order valence-electron chi connectivity index (χ0n) is 21.9. The topological polar surface area (TPSA) is 119 Å². The maximum Gasteiger partial charge on any atom is 0.262 e. The first-order chi connectivity index (χ1) is 18.4. The minimum atomic E-state index is -1.07. The molecule has 200 valence electrons. The van der Waals surface area contributed by atoms with Gasteiger partial charge in [0, 0.05) is 49.8 Å². The SMILES string of the molecule is CCCN(CCC)c1ccc2cc(-c3ccc(/C=C(\C#N)C(=O)NCC4CC(O)CC(O)O4)o3)ccc2c1. The van der Waals surface area contributed by atoms with Gasteiger partial charge in [0.25, 0.3) is 5.91 Å². The Kier molecular flexibility index (Phi) is 9.19. The molecule has 0 bridgehead atoms. The average molecular weight is 518 g/mol. The second-order valence-corrected chi connectivity index (χ2v) is 9.65. The molecule has 0 saturated carbocycles. The molecule has 0 radical (unpaired) electrons. The molecule has 0 spiro atoms. The van der Waals surface area contributed by atoms with Crippen molar-refractivity contribution in [2.75, 3.05) is 24.5 Å². The number of carbonyl (C=O) groups is 1. The fraction of sp³-hybridized carbons (Fsp3) is 0.400. The van der Waals surface area contributed by atoms with Crippen LogP contribution in [0.1, 0.15) is 45.3 Å². The molecular weight excluding hydrogens is 482 g/mol. The molecule has 38 heavy (non-hydrogen) atoms. The molecule has 1 fully saturated rings. The Bertz CT molecular complexity index is 1310. The number of aliphatic hydroxyl groups is 2. The lowest BCUT2D eigenvalue weighted by Gasteiger charge is -2.30. The van der Waals surface area contributed by atoms with Crippen molar-refractivity contribution in [2.45, 2.75) is 58.0 Å². The molecule has 8 nitrogen and oxygen atoms in total. The molecule has 1 saturated heterocycles. The summed E-state index contributed by atoms with van der Waals surface area (Å²) in [6.45, 7) is 6.52. The van der Waals surface area contributed by atoms with Gasteiger partial charge < -0.3 is 29.6 Å². The molecule has 1 amide bonds. The van der Waals surface area contributed by atoms with Gasteiger partial charge in [-0.25, -0.2) is 0 Å². The van der Waals surface area contributed by atoms with Crippen molar-refractivity contribution in [1.82, 2.24) is 5.32 Å². The minimum absolute atomic E-state index is 0.0723. The minimum Gasteiger partial charge on any atom is -0.457 e. The van der Waals surface area contributed by atoms with E-state index in [1.54, 1.807) is 6.07 Å². The number of nitrogens with one attached hydrogen (secondary N) is 1. The largest absolute Gasteiger partial charge is 0.457 e. The normalized spacial score (nSPS) is 19.8.